The Morgan fingerprint density at radius 3 is 2.17 bits per heavy atom. The first-order valence-corrected chi connectivity index (χ1v) is 10.7. The SMILES string of the molecule is CC1C2C3(C)CC1(C)C14C5C6C7CC2(C73)C6C1(C)CC4(C)C5C. The van der Waals surface area contributed by atoms with Gasteiger partial charge in [0.25, 0.3) is 0 Å². The zero-order valence-corrected chi connectivity index (χ0v) is 15.7. The van der Waals surface area contributed by atoms with Gasteiger partial charge in [-0.1, -0.05) is 41.5 Å². The monoisotopic (exact) mass is 308 g/mol. The van der Waals surface area contributed by atoms with E-state index >= 15 is 0 Å². The van der Waals surface area contributed by atoms with Crippen LogP contribution < -0.4 is 0 Å². The molecule has 14 unspecified atom stereocenters. The third-order valence-electron chi connectivity index (χ3n) is 13.9. The minimum absolute atomic E-state index is 0.657. The third kappa shape index (κ3) is 0.591. The molecule has 0 N–H and O–H groups in total. The largest absolute Gasteiger partial charge is 0.0617 e. The molecule has 8 saturated carbocycles. The van der Waals surface area contributed by atoms with E-state index in [1.54, 1.807) is 19.3 Å². The summed E-state index contributed by atoms with van der Waals surface area (Å²) in [5.41, 5.74) is 4.42. The van der Waals surface area contributed by atoms with Crippen LogP contribution in [0.25, 0.3) is 0 Å². The second kappa shape index (κ2) is 2.44. The van der Waals surface area contributed by atoms with Crippen molar-refractivity contribution in [3.05, 3.63) is 0 Å². The summed E-state index contributed by atoms with van der Waals surface area (Å²) in [7, 11) is 0. The highest BCUT2D eigenvalue weighted by Gasteiger charge is 3.05. The highest BCUT2D eigenvalue weighted by molar-refractivity contribution is 5.51. The first kappa shape index (κ1) is 12.4. The molecule has 6 bridgehead atoms. The van der Waals surface area contributed by atoms with Crippen LogP contribution in [0.4, 0.5) is 0 Å². The Hall–Kier alpha value is 0. The number of fused-ring (bicyclic) bond motifs is 3. The van der Waals surface area contributed by atoms with Gasteiger partial charge in [-0.15, -0.1) is 0 Å². The number of rotatable bonds is 0. The van der Waals surface area contributed by atoms with Gasteiger partial charge in [-0.25, -0.2) is 0 Å². The van der Waals surface area contributed by atoms with Crippen molar-refractivity contribution in [2.24, 2.45) is 79.8 Å². The fourth-order valence-corrected chi connectivity index (χ4v) is 15.3. The Balaban J connectivity index is 1.56. The molecule has 0 heterocycles. The Labute approximate surface area is 141 Å². The van der Waals surface area contributed by atoms with E-state index < -0.39 is 0 Å². The molecule has 2 spiro atoms. The molecule has 0 amide bonds. The normalized spacial score (nSPS) is 91.6. The van der Waals surface area contributed by atoms with Crippen LogP contribution in [0, 0.1) is 79.8 Å². The second-order valence-corrected chi connectivity index (χ2v) is 13.0. The third-order valence-corrected chi connectivity index (χ3v) is 13.9. The number of hydrogen-bond acceptors (Lipinski definition) is 0. The first-order chi connectivity index (χ1) is 10.7. The van der Waals surface area contributed by atoms with Crippen molar-refractivity contribution < 1.29 is 0 Å². The van der Waals surface area contributed by atoms with Gasteiger partial charge in [0.05, 0.1) is 0 Å². The van der Waals surface area contributed by atoms with E-state index in [0.717, 1.165) is 69.0 Å². The molecule has 0 aromatic rings. The van der Waals surface area contributed by atoms with Crippen molar-refractivity contribution in [2.75, 3.05) is 0 Å². The van der Waals surface area contributed by atoms with E-state index in [1.165, 1.54) is 0 Å². The van der Waals surface area contributed by atoms with Crippen LogP contribution in [-0.2, 0) is 0 Å². The molecule has 8 aliphatic rings. The van der Waals surface area contributed by atoms with Gasteiger partial charge in [-0.05, 0) is 99.1 Å². The van der Waals surface area contributed by atoms with Crippen molar-refractivity contribution >= 4 is 0 Å². The molecule has 0 saturated heterocycles. The Kier molecular flexibility index (Phi) is 1.31. The fourth-order valence-electron chi connectivity index (χ4n) is 15.3. The zero-order valence-electron chi connectivity index (χ0n) is 15.7. The summed E-state index contributed by atoms with van der Waals surface area (Å²) < 4.78 is 0. The van der Waals surface area contributed by atoms with Gasteiger partial charge in [0.2, 0.25) is 0 Å². The number of hydrogen-bond donors (Lipinski definition) is 0. The van der Waals surface area contributed by atoms with E-state index in [0.29, 0.717) is 10.8 Å². The molecule has 0 heteroatoms. The highest BCUT2D eigenvalue weighted by atomic mass is 15.1. The zero-order chi connectivity index (χ0) is 15.7. The summed E-state index contributed by atoms with van der Waals surface area (Å²) in [5.74, 6) is 8.87. The lowest BCUT2D eigenvalue weighted by atomic mass is 9.16. The van der Waals surface area contributed by atoms with Crippen molar-refractivity contribution in [3.63, 3.8) is 0 Å². The summed E-state index contributed by atoms with van der Waals surface area (Å²) in [6, 6.07) is 0. The standard InChI is InChI=1S/C23H32/c1-10-14-13-12-7-22-15-11(2)19(4,8-18(15,3)16(12)22)23(14)20(10,5)9-21(23,6)17(13)22/h10-17H,7-9H2,1-6H3. The van der Waals surface area contributed by atoms with E-state index in [1.807, 2.05) is 0 Å². The molecule has 0 aromatic heterocycles. The molecule has 8 aliphatic carbocycles. The van der Waals surface area contributed by atoms with Crippen LogP contribution in [0.15, 0.2) is 0 Å². The summed E-state index contributed by atoms with van der Waals surface area (Å²) in [4.78, 5) is 0. The van der Waals surface area contributed by atoms with Gasteiger partial charge in [0.15, 0.2) is 0 Å². The van der Waals surface area contributed by atoms with E-state index in [2.05, 4.69) is 41.5 Å². The first-order valence-electron chi connectivity index (χ1n) is 10.7. The molecule has 0 nitrogen and oxygen atoms in total. The molecule has 14 atom stereocenters. The van der Waals surface area contributed by atoms with Crippen molar-refractivity contribution in [1.29, 1.82) is 0 Å². The van der Waals surface area contributed by atoms with Gasteiger partial charge in [0.1, 0.15) is 0 Å². The van der Waals surface area contributed by atoms with E-state index in [4.69, 9.17) is 0 Å². The summed E-state index contributed by atoms with van der Waals surface area (Å²) in [6.45, 7) is 16.5. The van der Waals surface area contributed by atoms with E-state index in [9.17, 15) is 0 Å². The van der Waals surface area contributed by atoms with Crippen LogP contribution in [0.1, 0.15) is 60.8 Å². The average molecular weight is 309 g/mol. The minimum atomic E-state index is 0.657. The summed E-state index contributed by atoms with van der Waals surface area (Å²) in [6.07, 6.45) is 4.85. The smallest absolute Gasteiger partial charge is 0.00932 e. The Morgan fingerprint density at radius 2 is 1.43 bits per heavy atom. The van der Waals surface area contributed by atoms with Gasteiger partial charge < -0.3 is 0 Å². The molecule has 0 aromatic carbocycles. The molecule has 0 aliphatic heterocycles. The van der Waals surface area contributed by atoms with Gasteiger partial charge in [-0.2, -0.15) is 0 Å². The second-order valence-electron chi connectivity index (χ2n) is 13.0. The lowest BCUT2D eigenvalue weighted by Crippen LogP contribution is -2.83. The predicted octanol–water partition coefficient (Wildman–Crippen LogP) is 5.23. The lowest BCUT2D eigenvalue weighted by Gasteiger charge is -2.88. The maximum atomic E-state index is 2.82. The quantitative estimate of drug-likeness (QED) is 0.574. The lowest BCUT2D eigenvalue weighted by molar-refractivity contribution is -0.410. The van der Waals surface area contributed by atoms with Crippen molar-refractivity contribution in [3.8, 4) is 0 Å². The Bertz CT molecular complexity index is 753. The molecule has 8 rings (SSSR count). The van der Waals surface area contributed by atoms with Crippen LogP contribution in [0.3, 0.4) is 0 Å². The maximum Gasteiger partial charge on any atom is -0.00932 e. The van der Waals surface area contributed by atoms with Gasteiger partial charge in [-0.3, -0.25) is 0 Å². The molecule has 124 valence electrons. The van der Waals surface area contributed by atoms with Crippen LogP contribution in [-0.4, -0.2) is 0 Å². The van der Waals surface area contributed by atoms with Crippen LogP contribution in [0.5, 0.6) is 0 Å². The molecule has 23 heavy (non-hydrogen) atoms. The summed E-state index contributed by atoms with van der Waals surface area (Å²) >= 11 is 0. The van der Waals surface area contributed by atoms with Gasteiger partial charge in [0, 0.05) is 0 Å². The fraction of sp³-hybridized carbons (Fsp3) is 1.00. The molecular formula is C23H32. The Morgan fingerprint density at radius 1 is 0.739 bits per heavy atom. The van der Waals surface area contributed by atoms with Crippen molar-refractivity contribution in [1.82, 2.24) is 0 Å². The average Bonchev–Trinajstić information content (AvgIpc) is 2.98. The maximum absolute atomic E-state index is 2.82. The molecule has 0 radical (unpaired) electrons. The predicted molar refractivity (Wildman–Crippen MR) is 90.4 cm³/mol. The van der Waals surface area contributed by atoms with E-state index in [-0.39, 0.29) is 0 Å². The van der Waals surface area contributed by atoms with Crippen molar-refractivity contribution in [2.45, 2.75) is 60.8 Å². The van der Waals surface area contributed by atoms with Crippen LogP contribution in [0.2, 0.25) is 0 Å². The van der Waals surface area contributed by atoms with Crippen LogP contribution >= 0.6 is 0 Å². The molecule has 8 fully saturated rings. The van der Waals surface area contributed by atoms with Gasteiger partial charge >= 0.3 is 0 Å². The minimum Gasteiger partial charge on any atom is -0.0617 e. The summed E-state index contributed by atoms with van der Waals surface area (Å²) in [5, 5.41) is 0. The molecular weight excluding hydrogens is 276 g/mol. The topological polar surface area (TPSA) is 0 Å². The highest BCUT2D eigenvalue weighted by Crippen LogP contribution is 3.09.